The van der Waals surface area contributed by atoms with Gasteiger partial charge in [-0.1, -0.05) is 6.92 Å². The number of nitrogens with two attached hydrogens (primary N) is 1. The molecule has 18 heavy (non-hydrogen) atoms. The minimum Gasteiger partial charge on any atom is -0.484 e. The third kappa shape index (κ3) is 3.65. The summed E-state index contributed by atoms with van der Waals surface area (Å²) in [6, 6.07) is 8.23. The van der Waals surface area contributed by atoms with Gasteiger partial charge in [0.25, 0.3) is 5.91 Å². The van der Waals surface area contributed by atoms with E-state index in [1.165, 1.54) is 19.3 Å². The van der Waals surface area contributed by atoms with Gasteiger partial charge in [0, 0.05) is 11.7 Å². The summed E-state index contributed by atoms with van der Waals surface area (Å²) in [4.78, 5) is 10.6. The molecule has 1 amide bonds. The highest BCUT2D eigenvalue weighted by atomic mass is 16.5. The Morgan fingerprint density at radius 1 is 1.39 bits per heavy atom. The lowest BCUT2D eigenvalue weighted by molar-refractivity contribution is -0.119. The van der Waals surface area contributed by atoms with Gasteiger partial charge in [0.05, 0.1) is 0 Å². The Hall–Kier alpha value is -1.71. The minimum absolute atomic E-state index is 0.0765. The van der Waals surface area contributed by atoms with Crippen molar-refractivity contribution >= 4 is 11.6 Å². The average Bonchev–Trinajstić information content (AvgIpc) is 2.74. The fraction of sp³-hybridized carbons (Fsp3) is 0.500. The standard InChI is InChI=1S/C14H20N2O2/c1-10-2-3-12(8-10)16-11-4-6-13(7-5-11)18-9-14(15)17/h4-7,10,12,16H,2-3,8-9H2,1H3,(H2,15,17). The topological polar surface area (TPSA) is 64.3 Å². The lowest BCUT2D eigenvalue weighted by atomic mass is 10.1. The largest absolute Gasteiger partial charge is 0.484 e. The van der Waals surface area contributed by atoms with E-state index in [1.807, 2.05) is 24.3 Å². The number of anilines is 1. The molecule has 4 nitrogen and oxygen atoms in total. The maximum Gasteiger partial charge on any atom is 0.255 e. The summed E-state index contributed by atoms with van der Waals surface area (Å²) in [6.07, 6.45) is 3.78. The Morgan fingerprint density at radius 2 is 2.11 bits per heavy atom. The van der Waals surface area contributed by atoms with Gasteiger partial charge in [0.15, 0.2) is 6.61 Å². The number of hydrogen-bond donors (Lipinski definition) is 2. The zero-order valence-corrected chi connectivity index (χ0v) is 10.7. The van der Waals surface area contributed by atoms with E-state index in [4.69, 9.17) is 10.5 Å². The monoisotopic (exact) mass is 248 g/mol. The second kappa shape index (κ2) is 5.76. The zero-order chi connectivity index (χ0) is 13.0. The van der Waals surface area contributed by atoms with Crippen molar-refractivity contribution in [1.29, 1.82) is 0 Å². The van der Waals surface area contributed by atoms with Crippen LogP contribution in [-0.2, 0) is 4.79 Å². The molecule has 0 bridgehead atoms. The van der Waals surface area contributed by atoms with E-state index in [9.17, 15) is 4.79 Å². The summed E-state index contributed by atoms with van der Waals surface area (Å²) in [5.74, 6) is 1.02. The molecule has 0 aliphatic heterocycles. The predicted octanol–water partition coefficient (Wildman–Crippen LogP) is 2.15. The maximum absolute atomic E-state index is 10.6. The summed E-state index contributed by atoms with van der Waals surface area (Å²) in [6.45, 7) is 2.22. The van der Waals surface area contributed by atoms with Gasteiger partial charge in [0.2, 0.25) is 0 Å². The smallest absolute Gasteiger partial charge is 0.255 e. The van der Waals surface area contributed by atoms with Gasteiger partial charge >= 0.3 is 0 Å². The van der Waals surface area contributed by atoms with Crippen molar-refractivity contribution < 1.29 is 9.53 Å². The number of benzene rings is 1. The molecule has 2 atom stereocenters. The van der Waals surface area contributed by atoms with Crippen molar-refractivity contribution in [3.05, 3.63) is 24.3 Å². The molecule has 0 aromatic heterocycles. The van der Waals surface area contributed by atoms with Gasteiger partial charge in [-0.25, -0.2) is 0 Å². The molecule has 0 heterocycles. The zero-order valence-electron chi connectivity index (χ0n) is 10.7. The van der Waals surface area contributed by atoms with Gasteiger partial charge in [-0.3, -0.25) is 4.79 Å². The highest BCUT2D eigenvalue weighted by Crippen LogP contribution is 2.27. The number of rotatable bonds is 5. The quantitative estimate of drug-likeness (QED) is 0.839. The molecule has 1 saturated carbocycles. The Labute approximate surface area is 108 Å². The number of carbonyl (C=O) groups excluding carboxylic acids is 1. The number of hydrogen-bond acceptors (Lipinski definition) is 3. The minimum atomic E-state index is -0.461. The van der Waals surface area contributed by atoms with E-state index in [-0.39, 0.29) is 6.61 Å². The first-order chi connectivity index (χ1) is 8.63. The molecule has 1 aliphatic carbocycles. The van der Waals surface area contributed by atoms with Crippen LogP contribution in [0.25, 0.3) is 0 Å². The lowest BCUT2D eigenvalue weighted by Crippen LogP contribution is -2.20. The molecule has 1 aliphatic rings. The first kappa shape index (κ1) is 12.7. The Morgan fingerprint density at radius 3 is 2.67 bits per heavy atom. The van der Waals surface area contributed by atoms with Crippen molar-refractivity contribution in [2.45, 2.75) is 32.2 Å². The van der Waals surface area contributed by atoms with Crippen LogP contribution in [-0.4, -0.2) is 18.6 Å². The number of amides is 1. The fourth-order valence-corrected chi connectivity index (χ4v) is 2.38. The molecule has 98 valence electrons. The summed E-state index contributed by atoms with van der Waals surface area (Å²) < 4.78 is 5.21. The Bertz CT molecular complexity index is 403. The first-order valence-electron chi connectivity index (χ1n) is 6.41. The second-order valence-corrected chi connectivity index (χ2v) is 5.04. The van der Waals surface area contributed by atoms with Crippen LogP contribution in [0.4, 0.5) is 5.69 Å². The van der Waals surface area contributed by atoms with Crippen LogP contribution < -0.4 is 15.8 Å². The van der Waals surface area contributed by atoms with Crippen molar-refractivity contribution in [3.63, 3.8) is 0 Å². The molecular formula is C14H20N2O2. The molecule has 2 rings (SSSR count). The van der Waals surface area contributed by atoms with Crippen LogP contribution in [0.3, 0.4) is 0 Å². The predicted molar refractivity (Wildman–Crippen MR) is 71.6 cm³/mol. The number of primary amides is 1. The first-order valence-corrected chi connectivity index (χ1v) is 6.41. The van der Waals surface area contributed by atoms with Crippen LogP contribution in [0.15, 0.2) is 24.3 Å². The van der Waals surface area contributed by atoms with Crippen LogP contribution in [0.2, 0.25) is 0 Å². The summed E-state index contributed by atoms with van der Waals surface area (Å²) in [5, 5.41) is 3.52. The van der Waals surface area contributed by atoms with Gasteiger partial charge in [0.1, 0.15) is 5.75 Å². The van der Waals surface area contributed by atoms with Crippen molar-refractivity contribution in [3.8, 4) is 5.75 Å². The SMILES string of the molecule is CC1CCC(Nc2ccc(OCC(N)=O)cc2)C1. The highest BCUT2D eigenvalue weighted by molar-refractivity contribution is 5.75. The van der Waals surface area contributed by atoms with Crippen molar-refractivity contribution in [2.75, 3.05) is 11.9 Å². The molecule has 3 N–H and O–H groups in total. The highest BCUT2D eigenvalue weighted by Gasteiger charge is 2.20. The van der Waals surface area contributed by atoms with Crippen LogP contribution >= 0.6 is 0 Å². The van der Waals surface area contributed by atoms with Gasteiger partial charge in [-0.05, 0) is 49.4 Å². The summed E-state index contributed by atoms with van der Waals surface area (Å²) in [7, 11) is 0. The Kier molecular flexibility index (Phi) is 4.07. The van der Waals surface area contributed by atoms with Crippen LogP contribution in [0.1, 0.15) is 26.2 Å². The molecule has 0 radical (unpaired) electrons. The average molecular weight is 248 g/mol. The molecule has 0 saturated heterocycles. The molecular weight excluding hydrogens is 228 g/mol. The van der Waals surface area contributed by atoms with E-state index in [0.29, 0.717) is 11.8 Å². The molecule has 4 heteroatoms. The van der Waals surface area contributed by atoms with Crippen LogP contribution in [0, 0.1) is 5.92 Å². The maximum atomic E-state index is 10.6. The van der Waals surface area contributed by atoms with E-state index >= 15 is 0 Å². The third-order valence-electron chi connectivity index (χ3n) is 3.30. The molecule has 1 aromatic carbocycles. The third-order valence-corrected chi connectivity index (χ3v) is 3.30. The number of nitrogens with one attached hydrogen (secondary N) is 1. The molecule has 0 spiro atoms. The molecule has 2 unspecified atom stereocenters. The van der Waals surface area contributed by atoms with Crippen molar-refractivity contribution in [1.82, 2.24) is 0 Å². The molecule has 1 fully saturated rings. The van der Waals surface area contributed by atoms with E-state index < -0.39 is 5.91 Å². The van der Waals surface area contributed by atoms with E-state index in [0.717, 1.165) is 11.6 Å². The van der Waals surface area contributed by atoms with Crippen LogP contribution in [0.5, 0.6) is 5.75 Å². The Balaban J connectivity index is 1.85. The van der Waals surface area contributed by atoms with E-state index in [1.54, 1.807) is 0 Å². The second-order valence-electron chi connectivity index (χ2n) is 5.04. The number of ether oxygens (including phenoxy) is 1. The number of carbonyl (C=O) groups is 1. The molecule has 1 aromatic rings. The summed E-state index contributed by atoms with van der Waals surface area (Å²) >= 11 is 0. The normalized spacial score (nSPS) is 22.7. The van der Waals surface area contributed by atoms with Gasteiger partial charge < -0.3 is 15.8 Å². The fourth-order valence-electron chi connectivity index (χ4n) is 2.38. The lowest BCUT2D eigenvalue weighted by Gasteiger charge is -2.14. The summed E-state index contributed by atoms with van der Waals surface area (Å²) in [5.41, 5.74) is 6.11. The van der Waals surface area contributed by atoms with E-state index in [2.05, 4.69) is 12.2 Å². The van der Waals surface area contributed by atoms with Gasteiger partial charge in [-0.2, -0.15) is 0 Å². The van der Waals surface area contributed by atoms with Crippen molar-refractivity contribution in [2.24, 2.45) is 11.7 Å². The van der Waals surface area contributed by atoms with Gasteiger partial charge in [-0.15, -0.1) is 0 Å².